The van der Waals surface area contributed by atoms with Crippen molar-refractivity contribution in [1.29, 1.82) is 0 Å². The maximum Gasteiger partial charge on any atom is 0.221 e. The van der Waals surface area contributed by atoms with Crippen LogP contribution in [0.2, 0.25) is 0 Å². The van der Waals surface area contributed by atoms with Crippen LogP contribution in [0, 0.1) is 0 Å². The molecule has 0 spiro atoms. The first-order valence-corrected chi connectivity index (χ1v) is 7.58. The standard InChI is InChI=1S/C15H32N2O/c1-4-5-6-7-8-9-10-11-13-16-15(18)12-14-17(2)3/h4-14H2,1-3H3,(H,16,18). The first-order valence-electron chi connectivity index (χ1n) is 7.58. The molecule has 0 aromatic heterocycles. The summed E-state index contributed by atoms with van der Waals surface area (Å²) < 4.78 is 0. The van der Waals surface area contributed by atoms with E-state index in [0.29, 0.717) is 6.42 Å². The highest BCUT2D eigenvalue weighted by Gasteiger charge is 2.00. The molecule has 0 radical (unpaired) electrons. The molecule has 108 valence electrons. The van der Waals surface area contributed by atoms with Crippen molar-refractivity contribution in [3.63, 3.8) is 0 Å². The van der Waals surface area contributed by atoms with E-state index in [0.717, 1.165) is 19.5 Å². The van der Waals surface area contributed by atoms with Gasteiger partial charge in [-0.15, -0.1) is 0 Å². The lowest BCUT2D eigenvalue weighted by molar-refractivity contribution is -0.121. The number of nitrogens with one attached hydrogen (secondary N) is 1. The van der Waals surface area contributed by atoms with Crippen molar-refractivity contribution in [2.75, 3.05) is 27.2 Å². The number of carbonyl (C=O) groups is 1. The minimum Gasteiger partial charge on any atom is -0.356 e. The zero-order valence-corrected chi connectivity index (χ0v) is 12.6. The molecule has 0 unspecified atom stereocenters. The molecule has 0 bridgehead atoms. The molecule has 1 N–H and O–H groups in total. The van der Waals surface area contributed by atoms with Gasteiger partial charge in [-0.1, -0.05) is 51.9 Å². The van der Waals surface area contributed by atoms with E-state index < -0.39 is 0 Å². The highest BCUT2D eigenvalue weighted by molar-refractivity contribution is 5.75. The zero-order valence-electron chi connectivity index (χ0n) is 12.6. The van der Waals surface area contributed by atoms with Gasteiger partial charge in [0.1, 0.15) is 0 Å². The van der Waals surface area contributed by atoms with Crippen molar-refractivity contribution >= 4 is 5.91 Å². The summed E-state index contributed by atoms with van der Waals surface area (Å²) in [6, 6.07) is 0. The molecule has 0 rings (SSSR count). The highest BCUT2D eigenvalue weighted by atomic mass is 16.1. The summed E-state index contributed by atoms with van der Waals surface area (Å²) in [6.07, 6.45) is 11.1. The average molecular weight is 256 g/mol. The molecule has 0 fully saturated rings. The fourth-order valence-corrected chi connectivity index (χ4v) is 1.90. The van der Waals surface area contributed by atoms with Crippen molar-refractivity contribution in [3.8, 4) is 0 Å². The molecule has 3 nitrogen and oxygen atoms in total. The van der Waals surface area contributed by atoms with Crippen molar-refractivity contribution in [2.24, 2.45) is 0 Å². The molecule has 0 aromatic rings. The van der Waals surface area contributed by atoms with Crippen molar-refractivity contribution in [2.45, 2.75) is 64.7 Å². The smallest absolute Gasteiger partial charge is 0.221 e. The van der Waals surface area contributed by atoms with Gasteiger partial charge in [0.05, 0.1) is 0 Å². The van der Waals surface area contributed by atoms with Crippen LogP contribution in [0.3, 0.4) is 0 Å². The summed E-state index contributed by atoms with van der Waals surface area (Å²) >= 11 is 0. The topological polar surface area (TPSA) is 32.3 Å². The van der Waals surface area contributed by atoms with Crippen LogP contribution >= 0.6 is 0 Å². The first-order chi connectivity index (χ1) is 8.66. The van der Waals surface area contributed by atoms with E-state index in [1.807, 2.05) is 19.0 Å². The van der Waals surface area contributed by atoms with E-state index in [2.05, 4.69) is 12.2 Å². The Hall–Kier alpha value is -0.570. The molecule has 0 atom stereocenters. The Morgan fingerprint density at radius 3 is 2.06 bits per heavy atom. The van der Waals surface area contributed by atoms with Gasteiger partial charge in [0.25, 0.3) is 0 Å². The Bertz CT molecular complexity index is 193. The van der Waals surface area contributed by atoms with Crippen LogP contribution in [0.15, 0.2) is 0 Å². The summed E-state index contributed by atoms with van der Waals surface area (Å²) in [5, 5.41) is 2.98. The highest BCUT2D eigenvalue weighted by Crippen LogP contribution is 2.07. The zero-order chi connectivity index (χ0) is 13.6. The van der Waals surface area contributed by atoms with E-state index in [1.54, 1.807) is 0 Å². The quantitative estimate of drug-likeness (QED) is 0.544. The van der Waals surface area contributed by atoms with E-state index >= 15 is 0 Å². The summed E-state index contributed by atoms with van der Waals surface area (Å²) in [5.41, 5.74) is 0. The molecule has 0 heterocycles. The van der Waals surface area contributed by atoms with Gasteiger partial charge >= 0.3 is 0 Å². The van der Waals surface area contributed by atoms with Gasteiger partial charge in [-0.2, -0.15) is 0 Å². The second-order valence-electron chi connectivity index (χ2n) is 5.38. The third-order valence-electron chi connectivity index (χ3n) is 3.14. The van der Waals surface area contributed by atoms with Gasteiger partial charge in [-0.05, 0) is 20.5 Å². The lowest BCUT2D eigenvalue weighted by atomic mass is 10.1. The molecule has 0 aliphatic heterocycles. The van der Waals surface area contributed by atoms with Crippen molar-refractivity contribution in [1.82, 2.24) is 10.2 Å². The molecule has 1 amide bonds. The van der Waals surface area contributed by atoms with Crippen molar-refractivity contribution in [3.05, 3.63) is 0 Å². The Labute approximate surface area is 113 Å². The summed E-state index contributed by atoms with van der Waals surface area (Å²) in [7, 11) is 3.98. The maximum atomic E-state index is 11.4. The Morgan fingerprint density at radius 1 is 0.944 bits per heavy atom. The first kappa shape index (κ1) is 17.4. The van der Waals surface area contributed by atoms with Crippen LogP contribution in [0.1, 0.15) is 64.7 Å². The van der Waals surface area contributed by atoms with Gasteiger partial charge in [-0.25, -0.2) is 0 Å². The number of nitrogens with zero attached hydrogens (tertiary/aromatic N) is 1. The van der Waals surface area contributed by atoms with E-state index in [4.69, 9.17) is 0 Å². The number of carbonyl (C=O) groups excluding carboxylic acids is 1. The predicted octanol–water partition coefficient (Wildman–Crippen LogP) is 3.20. The van der Waals surface area contributed by atoms with Crippen LogP contribution in [-0.4, -0.2) is 38.0 Å². The largest absolute Gasteiger partial charge is 0.356 e. The number of rotatable bonds is 12. The molecule has 0 saturated carbocycles. The van der Waals surface area contributed by atoms with E-state index in [9.17, 15) is 4.79 Å². The number of hydrogen-bond donors (Lipinski definition) is 1. The third kappa shape index (κ3) is 13.5. The molecular weight excluding hydrogens is 224 g/mol. The van der Waals surface area contributed by atoms with E-state index in [-0.39, 0.29) is 5.91 Å². The van der Waals surface area contributed by atoms with Crippen LogP contribution < -0.4 is 5.32 Å². The minimum absolute atomic E-state index is 0.187. The number of unbranched alkanes of at least 4 members (excludes halogenated alkanes) is 7. The second kappa shape index (κ2) is 12.9. The van der Waals surface area contributed by atoms with Gasteiger partial charge in [0, 0.05) is 19.5 Å². The maximum absolute atomic E-state index is 11.4. The molecule has 3 heteroatoms. The van der Waals surface area contributed by atoms with Crippen LogP contribution in [0.5, 0.6) is 0 Å². The normalized spacial score (nSPS) is 10.9. The SMILES string of the molecule is CCCCCCCCCCNC(=O)CCN(C)C. The predicted molar refractivity (Wildman–Crippen MR) is 78.8 cm³/mol. The lowest BCUT2D eigenvalue weighted by Crippen LogP contribution is -2.28. The molecule has 0 aliphatic carbocycles. The molecule has 0 aliphatic rings. The average Bonchev–Trinajstić information content (AvgIpc) is 2.34. The molecular formula is C15H32N2O. The van der Waals surface area contributed by atoms with Gasteiger partial charge in [0.2, 0.25) is 5.91 Å². The fraction of sp³-hybridized carbons (Fsp3) is 0.933. The number of amides is 1. The minimum atomic E-state index is 0.187. The van der Waals surface area contributed by atoms with Crippen LogP contribution in [0.25, 0.3) is 0 Å². The summed E-state index contributed by atoms with van der Waals surface area (Å²) in [5.74, 6) is 0.187. The Kier molecular flexibility index (Phi) is 12.5. The molecule has 18 heavy (non-hydrogen) atoms. The lowest BCUT2D eigenvalue weighted by Gasteiger charge is -2.09. The van der Waals surface area contributed by atoms with Crippen LogP contribution in [0.4, 0.5) is 0 Å². The Morgan fingerprint density at radius 2 is 1.50 bits per heavy atom. The molecule has 0 aromatic carbocycles. The Balaban J connectivity index is 3.12. The summed E-state index contributed by atoms with van der Waals surface area (Å²) in [4.78, 5) is 13.5. The van der Waals surface area contributed by atoms with Gasteiger partial charge in [-0.3, -0.25) is 4.79 Å². The fourth-order valence-electron chi connectivity index (χ4n) is 1.90. The third-order valence-corrected chi connectivity index (χ3v) is 3.14. The van der Waals surface area contributed by atoms with Crippen LogP contribution in [-0.2, 0) is 4.79 Å². The second-order valence-corrected chi connectivity index (χ2v) is 5.38. The van der Waals surface area contributed by atoms with Gasteiger partial charge < -0.3 is 10.2 Å². The van der Waals surface area contributed by atoms with E-state index in [1.165, 1.54) is 44.9 Å². The van der Waals surface area contributed by atoms with Crippen molar-refractivity contribution < 1.29 is 4.79 Å². The summed E-state index contributed by atoms with van der Waals surface area (Å²) in [6.45, 7) is 3.93. The van der Waals surface area contributed by atoms with Gasteiger partial charge in [0.15, 0.2) is 0 Å². The monoisotopic (exact) mass is 256 g/mol. The number of hydrogen-bond acceptors (Lipinski definition) is 2. The molecule has 0 saturated heterocycles.